The highest BCUT2D eigenvalue weighted by Gasteiger charge is 2.44. The van der Waals surface area contributed by atoms with Crippen molar-refractivity contribution in [1.82, 2.24) is 4.90 Å². The van der Waals surface area contributed by atoms with Gasteiger partial charge in [0, 0.05) is 30.8 Å². The standard InChI is InChI=1S/C25H24N2O4/c1-30-24(28)23(25(29)31-2)22-20(15-26)17-27(16-18-9-5-3-6-10-18)14-13-21(22)19-11-7-4-8-12-19/h3-14,17,21-23H,16H2,1-2H3/t21-,22-/m1/s1. The van der Waals surface area contributed by atoms with Gasteiger partial charge in [-0.3, -0.25) is 9.59 Å². The first-order chi connectivity index (χ1) is 15.1. The van der Waals surface area contributed by atoms with E-state index in [9.17, 15) is 14.9 Å². The Labute approximate surface area is 182 Å². The number of carbonyl (C=O) groups is 2. The number of ether oxygens (including phenoxy) is 2. The number of nitriles is 1. The minimum Gasteiger partial charge on any atom is -0.468 e. The van der Waals surface area contributed by atoms with Gasteiger partial charge in [-0.05, 0) is 11.1 Å². The molecule has 0 bridgehead atoms. The Hall–Kier alpha value is -3.85. The molecule has 31 heavy (non-hydrogen) atoms. The molecule has 6 nitrogen and oxygen atoms in total. The first-order valence-corrected chi connectivity index (χ1v) is 9.89. The van der Waals surface area contributed by atoms with E-state index in [1.54, 1.807) is 6.20 Å². The molecule has 0 saturated carbocycles. The van der Waals surface area contributed by atoms with Crippen LogP contribution in [0.2, 0.25) is 0 Å². The first kappa shape index (κ1) is 21.8. The molecule has 0 unspecified atom stereocenters. The van der Waals surface area contributed by atoms with Crippen molar-refractivity contribution < 1.29 is 19.1 Å². The zero-order valence-corrected chi connectivity index (χ0v) is 17.5. The van der Waals surface area contributed by atoms with Gasteiger partial charge in [-0.25, -0.2) is 0 Å². The molecule has 158 valence electrons. The molecular formula is C25H24N2O4. The van der Waals surface area contributed by atoms with Crippen LogP contribution in [0.15, 0.2) is 84.7 Å². The fourth-order valence-electron chi connectivity index (χ4n) is 3.84. The monoisotopic (exact) mass is 416 g/mol. The van der Waals surface area contributed by atoms with Crippen LogP contribution in [-0.2, 0) is 25.6 Å². The second kappa shape index (κ2) is 10.3. The summed E-state index contributed by atoms with van der Waals surface area (Å²) >= 11 is 0. The summed E-state index contributed by atoms with van der Waals surface area (Å²) in [6.45, 7) is 0.540. The van der Waals surface area contributed by atoms with Crippen LogP contribution in [0.4, 0.5) is 0 Å². The summed E-state index contributed by atoms with van der Waals surface area (Å²) in [6.07, 6.45) is 5.49. The van der Waals surface area contributed by atoms with E-state index >= 15 is 0 Å². The van der Waals surface area contributed by atoms with E-state index in [-0.39, 0.29) is 0 Å². The third-order valence-corrected chi connectivity index (χ3v) is 5.33. The van der Waals surface area contributed by atoms with Gasteiger partial charge in [0.05, 0.1) is 25.9 Å². The van der Waals surface area contributed by atoms with Gasteiger partial charge in [0.15, 0.2) is 5.92 Å². The van der Waals surface area contributed by atoms with Crippen LogP contribution < -0.4 is 0 Å². The van der Waals surface area contributed by atoms with Gasteiger partial charge in [0.1, 0.15) is 0 Å². The van der Waals surface area contributed by atoms with Crippen LogP contribution in [0, 0.1) is 23.2 Å². The van der Waals surface area contributed by atoms with Crippen molar-refractivity contribution in [2.75, 3.05) is 14.2 Å². The molecule has 2 aromatic carbocycles. The smallest absolute Gasteiger partial charge is 0.320 e. The summed E-state index contributed by atoms with van der Waals surface area (Å²) < 4.78 is 9.83. The molecule has 2 atom stereocenters. The van der Waals surface area contributed by atoms with Crippen molar-refractivity contribution in [1.29, 1.82) is 5.26 Å². The fraction of sp³-hybridized carbons (Fsp3) is 0.240. The summed E-state index contributed by atoms with van der Waals surface area (Å²) in [6, 6.07) is 21.5. The van der Waals surface area contributed by atoms with Gasteiger partial charge < -0.3 is 14.4 Å². The zero-order chi connectivity index (χ0) is 22.2. The minimum absolute atomic E-state index is 0.301. The predicted octanol–water partition coefficient (Wildman–Crippen LogP) is 3.79. The Morgan fingerprint density at radius 3 is 2.13 bits per heavy atom. The highest BCUT2D eigenvalue weighted by molar-refractivity contribution is 5.96. The van der Waals surface area contributed by atoms with Crippen molar-refractivity contribution in [3.63, 3.8) is 0 Å². The van der Waals surface area contributed by atoms with Crippen LogP contribution in [0.1, 0.15) is 17.0 Å². The lowest BCUT2D eigenvalue weighted by molar-refractivity contribution is -0.161. The predicted molar refractivity (Wildman–Crippen MR) is 115 cm³/mol. The number of hydrogen-bond donors (Lipinski definition) is 0. The lowest BCUT2D eigenvalue weighted by Crippen LogP contribution is -2.37. The van der Waals surface area contributed by atoms with E-state index in [1.165, 1.54) is 14.2 Å². The van der Waals surface area contributed by atoms with Crippen LogP contribution in [0.3, 0.4) is 0 Å². The lowest BCUT2D eigenvalue weighted by Gasteiger charge is -2.28. The average Bonchev–Trinajstić information content (AvgIpc) is 2.99. The van der Waals surface area contributed by atoms with Gasteiger partial charge in [0.2, 0.25) is 0 Å². The van der Waals surface area contributed by atoms with E-state index in [2.05, 4.69) is 6.07 Å². The van der Waals surface area contributed by atoms with Crippen LogP contribution in [0.25, 0.3) is 0 Å². The Kier molecular flexibility index (Phi) is 7.23. The summed E-state index contributed by atoms with van der Waals surface area (Å²) in [4.78, 5) is 27.2. The molecule has 0 amide bonds. The second-order valence-electron chi connectivity index (χ2n) is 7.18. The Bertz CT molecular complexity index is 993. The molecule has 6 heteroatoms. The van der Waals surface area contributed by atoms with E-state index < -0.39 is 29.7 Å². The lowest BCUT2D eigenvalue weighted by atomic mass is 9.74. The largest absolute Gasteiger partial charge is 0.468 e. The van der Waals surface area contributed by atoms with E-state index in [4.69, 9.17) is 9.47 Å². The first-order valence-electron chi connectivity index (χ1n) is 9.89. The third-order valence-electron chi connectivity index (χ3n) is 5.33. The van der Waals surface area contributed by atoms with Gasteiger partial charge in [-0.2, -0.15) is 5.26 Å². The van der Waals surface area contributed by atoms with Gasteiger partial charge >= 0.3 is 11.9 Å². The molecular weight excluding hydrogens is 392 g/mol. The molecule has 2 aromatic rings. The molecule has 0 N–H and O–H groups in total. The quantitative estimate of drug-likeness (QED) is 0.527. The number of nitrogens with zero attached hydrogens (tertiary/aromatic N) is 2. The molecule has 0 saturated heterocycles. The van der Waals surface area contributed by atoms with Gasteiger partial charge in [-0.15, -0.1) is 0 Å². The maximum Gasteiger partial charge on any atom is 0.320 e. The number of esters is 2. The normalized spacial score (nSPS) is 18.0. The van der Waals surface area contributed by atoms with Crippen molar-refractivity contribution in [3.8, 4) is 6.07 Å². The van der Waals surface area contributed by atoms with Crippen molar-refractivity contribution in [3.05, 3.63) is 95.8 Å². The molecule has 0 fully saturated rings. The number of carbonyl (C=O) groups excluding carboxylic acids is 2. The van der Waals surface area contributed by atoms with E-state index in [0.29, 0.717) is 12.1 Å². The summed E-state index contributed by atoms with van der Waals surface area (Å²) in [7, 11) is 2.44. The highest BCUT2D eigenvalue weighted by atomic mass is 16.5. The molecule has 1 aliphatic heterocycles. The van der Waals surface area contributed by atoms with Crippen LogP contribution in [-0.4, -0.2) is 31.1 Å². The molecule has 0 aromatic heterocycles. The second-order valence-corrected chi connectivity index (χ2v) is 7.18. The average molecular weight is 416 g/mol. The van der Waals surface area contributed by atoms with E-state index in [1.807, 2.05) is 77.8 Å². The summed E-state index contributed by atoms with van der Waals surface area (Å²) in [5.41, 5.74) is 2.24. The van der Waals surface area contributed by atoms with Crippen LogP contribution >= 0.6 is 0 Å². The number of rotatable bonds is 6. The number of allylic oxidation sites excluding steroid dienone is 2. The number of benzene rings is 2. The molecule has 0 aliphatic carbocycles. The maximum absolute atomic E-state index is 12.6. The Balaban J connectivity index is 2.11. The van der Waals surface area contributed by atoms with Crippen molar-refractivity contribution >= 4 is 11.9 Å². The molecule has 0 spiro atoms. The molecule has 1 heterocycles. The summed E-state index contributed by atoms with van der Waals surface area (Å²) in [5.74, 6) is -3.92. The number of methoxy groups -OCH3 is 2. The number of hydrogen-bond acceptors (Lipinski definition) is 6. The Morgan fingerprint density at radius 2 is 1.58 bits per heavy atom. The zero-order valence-electron chi connectivity index (χ0n) is 17.5. The minimum atomic E-state index is -1.27. The van der Waals surface area contributed by atoms with Crippen molar-refractivity contribution in [2.45, 2.75) is 12.5 Å². The summed E-state index contributed by atoms with van der Waals surface area (Å²) in [5, 5.41) is 10.0. The van der Waals surface area contributed by atoms with Crippen LogP contribution in [0.5, 0.6) is 0 Å². The highest BCUT2D eigenvalue weighted by Crippen LogP contribution is 2.40. The SMILES string of the molecule is COC(=O)C(C(=O)OC)[C@@H]1C(C#N)=CN(Cc2ccccc2)C=C[C@@H]1c1ccccc1. The van der Waals surface area contributed by atoms with E-state index in [0.717, 1.165) is 11.1 Å². The maximum atomic E-state index is 12.6. The molecule has 0 radical (unpaired) electrons. The molecule has 3 rings (SSSR count). The third kappa shape index (κ3) is 5.01. The van der Waals surface area contributed by atoms with Gasteiger partial charge in [0.25, 0.3) is 0 Å². The fourth-order valence-corrected chi connectivity index (χ4v) is 3.84. The van der Waals surface area contributed by atoms with Gasteiger partial charge in [-0.1, -0.05) is 66.7 Å². The van der Waals surface area contributed by atoms with Crippen molar-refractivity contribution in [2.24, 2.45) is 11.8 Å². The topological polar surface area (TPSA) is 79.6 Å². The molecule has 1 aliphatic rings. The Morgan fingerprint density at radius 1 is 1.00 bits per heavy atom.